The van der Waals surface area contributed by atoms with Gasteiger partial charge in [-0.1, -0.05) is 138 Å². The first-order valence-corrected chi connectivity index (χ1v) is 21.5. The summed E-state index contributed by atoms with van der Waals surface area (Å²) < 4.78 is 32.3. The second-order valence-electron chi connectivity index (χ2n) is 15.3. The number of aromatic nitrogens is 2. The van der Waals surface area contributed by atoms with E-state index in [1.807, 2.05) is 90.2 Å². The van der Waals surface area contributed by atoms with Crippen LogP contribution in [-0.4, -0.2) is 18.0 Å². The van der Waals surface area contributed by atoms with Gasteiger partial charge in [-0.2, -0.15) is 0 Å². The molecular formula is C48H48IrN2OSi-2. The Kier molecular flexibility index (Phi) is 10.1. The summed E-state index contributed by atoms with van der Waals surface area (Å²) in [5, 5.41) is 7.86. The number of fused-ring (bicyclic) bond motifs is 6. The van der Waals surface area contributed by atoms with E-state index in [-0.39, 0.29) is 20.1 Å². The smallest absolute Gasteiger partial charge is 0.121 e. The number of pyridine rings is 2. The Morgan fingerprint density at radius 1 is 0.679 bits per heavy atom. The molecule has 0 amide bonds. The molecule has 3 nitrogen and oxygen atoms in total. The van der Waals surface area contributed by atoms with Crippen molar-refractivity contribution in [3.63, 3.8) is 0 Å². The third-order valence-electron chi connectivity index (χ3n) is 9.78. The van der Waals surface area contributed by atoms with Crippen LogP contribution >= 0.6 is 0 Å². The predicted molar refractivity (Wildman–Crippen MR) is 225 cm³/mol. The van der Waals surface area contributed by atoms with E-state index in [0.717, 1.165) is 66.3 Å². The Hall–Kier alpha value is -4.41. The zero-order valence-electron chi connectivity index (χ0n) is 35.0. The molecule has 0 unspecified atom stereocenters. The molecule has 5 heteroatoms. The number of benzene rings is 5. The summed E-state index contributed by atoms with van der Waals surface area (Å²) in [6.07, 6.45) is 3.72. The van der Waals surface area contributed by atoms with Crippen LogP contribution < -0.4 is 5.19 Å². The van der Waals surface area contributed by atoms with E-state index >= 15 is 0 Å². The van der Waals surface area contributed by atoms with Crippen LogP contribution in [0.25, 0.3) is 66.0 Å². The van der Waals surface area contributed by atoms with Crippen molar-refractivity contribution in [3.8, 4) is 22.5 Å². The number of rotatable bonds is 6. The van der Waals surface area contributed by atoms with E-state index in [0.29, 0.717) is 5.58 Å². The van der Waals surface area contributed by atoms with Gasteiger partial charge >= 0.3 is 0 Å². The minimum Gasteiger partial charge on any atom is -0.501 e. The Labute approximate surface area is 333 Å². The third-order valence-corrected chi connectivity index (χ3v) is 11.8. The molecule has 3 heterocycles. The number of nitrogens with zero attached hydrogens (tertiary/aromatic N) is 2. The zero-order chi connectivity index (χ0) is 39.5. The predicted octanol–water partition coefficient (Wildman–Crippen LogP) is 13.2. The molecule has 53 heavy (non-hydrogen) atoms. The number of hydrogen-bond acceptors (Lipinski definition) is 3. The largest absolute Gasteiger partial charge is 0.501 e. The van der Waals surface area contributed by atoms with Crippen molar-refractivity contribution in [1.29, 1.82) is 0 Å². The average molecular weight is 892 g/mol. The van der Waals surface area contributed by atoms with Crippen molar-refractivity contribution >= 4 is 56.7 Å². The average Bonchev–Trinajstić information content (AvgIpc) is 3.51. The Morgan fingerprint density at radius 2 is 1.42 bits per heavy atom. The molecule has 0 atom stereocenters. The van der Waals surface area contributed by atoms with E-state index in [2.05, 4.69) is 96.3 Å². The quantitative estimate of drug-likeness (QED) is 0.0948. The van der Waals surface area contributed by atoms with Crippen LogP contribution in [0.2, 0.25) is 19.6 Å². The molecule has 0 aliphatic carbocycles. The van der Waals surface area contributed by atoms with Gasteiger partial charge in [-0.25, -0.2) is 0 Å². The summed E-state index contributed by atoms with van der Waals surface area (Å²) in [6.45, 7) is 18.3. The molecule has 8 rings (SSSR count). The monoisotopic (exact) mass is 892 g/mol. The Morgan fingerprint density at radius 3 is 2.11 bits per heavy atom. The molecule has 0 spiro atoms. The van der Waals surface area contributed by atoms with Crippen molar-refractivity contribution < 1.29 is 28.6 Å². The van der Waals surface area contributed by atoms with Crippen molar-refractivity contribution in [2.24, 2.45) is 0 Å². The van der Waals surface area contributed by atoms with Crippen molar-refractivity contribution in [3.05, 3.63) is 138 Å². The number of hydrogen-bond donors (Lipinski definition) is 0. The molecule has 3 aromatic heterocycles. The Bertz CT molecular complexity index is 2700. The molecule has 0 aliphatic heterocycles. The van der Waals surface area contributed by atoms with Gasteiger partial charge in [0.15, 0.2) is 0 Å². The standard InChI is InChI=1S/C31H26NO.C17H22NSi.Ir/c1-18(2)21-13-14-32-28(16-21)25-12-11-23(19(3)4)30-27-15-22-10-9-20-7-5-6-8-24(20)26(22)17-29(27)33-31(25)30;1-13(2)15-11-16(14-9-7-6-8-10-14)18-12-17(15)19(3,4)5;/h5-11,13-19H,1-4H3;6-9,11-13H,1-5H3;/q2*-1;/i18D,19D;13D;. The summed E-state index contributed by atoms with van der Waals surface area (Å²) in [7, 11) is -1.50. The summed E-state index contributed by atoms with van der Waals surface area (Å²) in [6, 6.07) is 39.2. The topological polar surface area (TPSA) is 38.9 Å². The second kappa shape index (κ2) is 15.5. The Balaban J connectivity index is 0.000000217. The molecule has 0 saturated carbocycles. The molecule has 1 radical (unpaired) electrons. The van der Waals surface area contributed by atoms with Gasteiger partial charge in [0.2, 0.25) is 0 Å². The number of furan rings is 1. The fourth-order valence-electron chi connectivity index (χ4n) is 6.95. The molecule has 5 aromatic carbocycles. The van der Waals surface area contributed by atoms with Gasteiger partial charge < -0.3 is 14.4 Å². The van der Waals surface area contributed by atoms with E-state index in [4.69, 9.17) is 8.53 Å². The second-order valence-corrected chi connectivity index (χ2v) is 20.3. The van der Waals surface area contributed by atoms with Crippen molar-refractivity contribution in [2.75, 3.05) is 0 Å². The van der Waals surface area contributed by atoms with Crippen LogP contribution in [0, 0.1) is 12.1 Å². The summed E-state index contributed by atoms with van der Waals surface area (Å²) >= 11 is 0. The van der Waals surface area contributed by atoms with Crippen LogP contribution in [0.4, 0.5) is 0 Å². The SMILES string of the molecule is [2H]C(C)(C)c1cc(-c2[c-]cccc2)ncc1[Si](C)(C)C.[2H]C(C)(C)c1ccnc(-c2[c-]cc(C([2H])(C)C)c3c2oc2cc4c(ccc5ccccc54)cc23)c1.[Ir]. The molecular weight excluding hydrogens is 841 g/mol. The molecule has 0 aliphatic rings. The van der Waals surface area contributed by atoms with E-state index in [9.17, 15) is 0 Å². The van der Waals surface area contributed by atoms with Gasteiger partial charge in [-0.15, -0.1) is 53.6 Å². The summed E-state index contributed by atoms with van der Waals surface area (Å²) in [4.78, 5) is 9.22. The van der Waals surface area contributed by atoms with Gasteiger partial charge in [-0.05, 0) is 68.1 Å². The van der Waals surface area contributed by atoms with E-state index in [1.54, 1.807) is 6.20 Å². The van der Waals surface area contributed by atoms with Crippen LogP contribution in [-0.2, 0) is 20.1 Å². The first-order chi connectivity index (χ1) is 25.8. The van der Waals surface area contributed by atoms with Gasteiger partial charge in [0, 0.05) is 42.0 Å². The zero-order valence-corrected chi connectivity index (χ0v) is 35.4. The first kappa shape index (κ1) is 34.4. The van der Waals surface area contributed by atoms with Crippen LogP contribution in [0.15, 0.2) is 114 Å². The summed E-state index contributed by atoms with van der Waals surface area (Å²) in [5.41, 5.74) is 7.67. The minimum atomic E-state index is -1.50. The summed E-state index contributed by atoms with van der Waals surface area (Å²) in [5.74, 6) is -2.18. The van der Waals surface area contributed by atoms with Crippen molar-refractivity contribution in [2.45, 2.75) is 78.9 Å². The van der Waals surface area contributed by atoms with Crippen molar-refractivity contribution in [1.82, 2.24) is 9.97 Å². The molecule has 0 bridgehead atoms. The first-order valence-electron chi connectivity index (χ1n) is 19.5. The molecule has 0 saturated heterocycles. The maximum Gasteiger partial charge on any atom is 0.121 e. The third kappa shape index (κ3) is 7.66. The van der Waals surface area contributed by atoms with Gasteiger partial charge in [0.25, 0.3) is 0 Å². The normalized spacial score (nSPS) is 13.3. The molecule has 0 N–H and O–H groups in total. The minimum absolute atomic E-state index is 0. The van der Waals surface area contributed by atoms with Gasteiger partial charge in [0.1, 0.15) is 5.58 Å². The maximum atomic E-state index is 8.83. The fourth-order valence-corrected chi connectivity index (χ4v) is 8.54. The van der Waals surface area contributed by atoms with E-state index in [1.165, 1.54) is 16.0 Å². The fraction of sp³-hybridized carbons (Fsp3) is 0.250. The van der Waals surface area contributed by atoms with Gasteiger partial charge in [-0.3, -0.25) is 0 Å². The van der Waals surface area contributed by atoms with E-state index < -0.39 is 25.8 Å². The van der Waals surface area contributed by atoms with Crippen LogP contribution in [0.3, 0.4) is 0 Å². The van der Waals surface area contributed by atoms with Gasteiger partial charge in [0.05, 0.1) is 13.7 Å². The van der Waals surface area contributed by atoms with Crippen LogP contribution in [0.5, 0.6) is 0 Å². The molecule has 0 fully saturated rings. The molecule has 8 aromatic rings. The maximum absolute atomic E-state index is 8.83. The molecule has 271 valence electrons. The van der Waals surface area contributed by atoms with Crippen LogP contribution in [0.1, 0.15) is 80.0 Å².